The molecule has 22 heavy (non-hydrogen) atoms. The minimum absolute atomic E-state index is 0.115. The van der Waals surface area contributed by atoms with Crippen LogP contribution in [0.5, 0.6) is 5.75 Å². The van der Waals surface area contributed by atoms with Crippen LogP contribution in [0.4, 0.5) is 4.39 Å². The summed E-state index contributed by atoms with van der Waals surface area (Å²) in [5.41, 5.74) is 2.89. The van der Waals surface area contributed by atoms with E-state index >= 15 is 0 Å². The van der Waals surface area contributed by atoms with Gasteiger partial charge in [0, 0.05) is 12.2 Å². The van der Waals surface area contributed by atoms with Crippen LogP contribution < -0.4 is 4.74 Å². The zero-order chi connectivity index (χ0) is 15.5. The van der Waals surface area contributed by atoms with Gasteiger partial charge in [0.1, 0.15) is 18.2 Å². The normalized spacial score (nSPS) is 17.1. The largest absolute Gasteiger partial charge is 0.489 e. The van der Waals surface area contributed by atoms with Gasteiger partial charge < -0.3 is 9.84 Å². The van der Waals surface area contributed by atoms with Gasteiger partial charge in [0.25, 0.3) is 0 Å². The van der Waals surface area contributed by atoms with Crippen molar-refractivity contribution in [2.75, 3.05) is 6.61 Å². The van der Waals surface area contributed by atoms with Crippen LogP contribution in [-0.4, -0.2) is 11.7 Å². The number of rotatable bonds is 4. The van der Waals surface area contributed by atoms with Crippen LogP contribution in [0, 0.1) is 11.7 Å². The smallest absolute Gasteiger partial charge is 0.131 e. The highest BCUT2D eigenvalue weighted by Gasteiger charge is 2.18. The number of halogens is 2. The molecule has 0 radical (unpaired) electrons. The Morgan fingerprint density at radius 2 is 2.09 bits per heavy atom. The molecule has 1 unspecified atom stereocenters. The minimum atomic E-state index is -0.351. The van der Waals surface area contributed by atoms with E-state index in [1.807, 2.05) is 18.2 Å². The molecule has 0 heterocycles. The number of hydrogen-bond donors (Lipinski definition) is 1. The Labute approximate surface area is 134 Å². The summed E-state index contributed by atoms with van der Waals surface area (Å²) in [6.45, 7) is 0.354. The number of aliphatic hydroxyl groups is 1. The monoisotopic (exact) mass is 320 g/mol. The lowest BCUT2D eigenvalue weighted by Gasteiger charge is -2.23. The maximum absolute atomic E-state index is 13.7. The van der Waals surface area contributed by atoms with Crippen LogP contribution >= 0.6 is 11.6 Å². The first kappa shape index (κ1) is 15.3. The highest BCUT2D eigenvalue weighted by atomic mass is 35.5. The molecule has 4 heteroatoms. The molecular weight excluding hydrogens is 303 g/mol. The molecule has 0 saturated carbocycles. The Kier molecular flexibility index (Phi) is 4.65. The van der Waals surface area contributed by atoms with E-state index in [4.69, 9.17) is 16.3 Å². The minimum Gasteiger partial charge on any atom is -0.489 e. The first-order chi connectivity index (χ1) is 10.7. The quantitative estimate of drug-likeness (QED) is 0.916. The molecule has 1 N–H and O–H groups in total. The van der Waals surface area contributed by atoms with E-state index in [0.29, 0.717) is 16.5 Å². The molecular formula is C18H18ClFO2. The predicted molar refractivity (Wildman–Crippen MR) is 84.8 cm³/mol. The van der Waals surface area contributed by atoms with Crippen molar-refractivity contribution in [3.63, 3.8) is 0 Å². The Hall–Kier alpha value is -1.58. The number of benzene rings is 2. The van der Waals surface area contributed by atoms with Crippen molar-refractivity contribution in [1.29, 1.82) is 0 Å². The summed E-state index contributed by atoms with van der Waals surface area (Å²) in [7, 11) is 0. The second kappa shape index (κ2) is 6.67. The molecule has 3 rings (SSSR count). The molecule has 0 aromatic heterocycles. The number of hydrogen-bond acceptors (Lipinski definition) is 2. The van der Waals surface area contributed by atoms with Crippen LogP contribution in [0.3, 0.4) is 0 Å². The fraction of sp³-hybridized carbons (Fsp3) is 0.333. The average molecular weight is 321 g/mol. The van der Waals surface area contributed by atoms with Crippen molar-refractivity contribution in [1.82, 2.24) is 0 Å². The third-order valence-corrected chi connectivity index (χ3v) is 4.57. The lowest BCUT2D eigenvalue weighted by atomic mass is 9.84. The van der Waals surface area contributed by atoms with Gasteiger partial charge in [-0.3, -0.25) is 0 Å². The van der Waals surface area contributed by atoms with Crippen LogP contribution in [0.1, 0.15) is 23.1 Å². The second-order valence-corrected chi connectivity index (χ2v) is 6.12. The summed E-state index contributed by atoms with van der Waals surface area (Å²) in [6.07, 6.45) is 2.84. The fourth-order valence-electron chi connectivity index (χ4n) is 2.88. The molecule has 1 aliphatic rings. The van der Waals surface area contributed by atoms with E-state index in [9.17, 15) is 9.50 Å². The van der Waals surface area contributed by atoms with Crippen molar-refractivity contribution in [2.24, 2.45) is 5.92 Å². The first-order valence-electron chi connectivity index (χ1n) is 7.45. The van der Waals surface area contributed by atoms with Gasteiger partial charge in [-0.2, -0.15) is 0 Å². The molecule has 1 aliphatic carbocycles. The summed E-state index contributed by atoms with van der Waals surface area (Å²) >= 11 is 6.00. The summed E-state index contributed by atoms with van der Waals surface area (Å²) < 4.78 is 19.4. The molecule has 2 aromatic rings. The van der Waals surface area contributed by atoms with Crippen molar-refractivity contribution >= 4 is 11.6 Å². The Balaban J connectivity index is 1.72. The van der Waals surface area contributed by atoms with Crippen molar-refractivity contribution in [3.05, 3.63) is 63.9 Å². The van der Waals surface area contributed by atoms with Gasteiger partial charge in [-0.1, -0.05) is 23.7 Å². The standard InChI is InChI=1S/C18H18ClFO2/c19-17-2-1-3-18(20)16(17)11-22-15-7-6-13-8-12(10-21)4-5-14(13)9-15/h1-3,6-7,9,12,21H,4-5,8,10-11H2. The lowest BCUT2D eigenvalue weighted by Crippen LogP contribution is -2.17. The third kappa shape index (κ3) is 3.26. The van der Waals surface area contributed by atoms with Gasteiger partial charge in [-0.25, -0.2) is 4.39 Å². The molecule has 0 aliphatic heterocycles. The lowest BCUT2D eigenvalue weighted by molar-refractivity contribution is 0.213. The van der Waals surface area contributed by atoms with Crippen molar-refractivity contribution < 1.29 is 14.2 Å². The van der Waals surface area contributed by atoms with Crippen molar-refractivity contribution in [3.8, 4) is 5.75 Å². The van der Waals surface area contributed by atoms with Gasteiger partial charge in [0.05, 0.1) is 5.02 Å². The summed E-state index contributed by atoms with van der Waals surface area (Å²) in [5.74, 6) is 0.730. The summed E-state index contributed by atoms with van der Waals surface area (Å²) in [4.78, 5) is 0. The maximum atomic E-state index is 13.7. The van der Waals surface area contributed by atoms with E-state index in [2.05, 4.69) is 0 Å². The third-order valence-electron chi connectivity index (χ3n) is 4.21. The Morgan fingerprint density at radius 1 is 1.23 bits per heavy atom. The number of aryl methyl sites for hydroxylation is 1. The number of ether oxygens (including phenoxy) is 1. The number of fused-ring (bicyclic) bond motifs is 1. The fourth-order valence-corrected chi connectivity index (χ4v) is 3.10. The van der Waals surface area contributed by atoms with Crippen molar-refractivity contribution in [2.45, 2.75) is 25.9 Å². The first-order valence-corrected chi connectivity index (χ1v) is 7.83. The molecule has 116 valence electrons. The Bertz CT molecular complexity index is 652. The van der Waals surface area contributed by atoms with E-state index in [1.54, 1.807) is 12.1 Å². The summed E-state index contributed by atoms with van der Waals surface area (Å²) in [6, 6.07) is 10.6. The molecule has 2 aromatic carbocycles. The van der Waals surface area contributed by atoms with E-state index in [1.165, 1.54) is 17.2 Å². The van der Waals surface area contributed by atoms with Gasteiger partial charge in [-0.05, 0) is 60.6 Å². The van der Waals surface area contributed by atoms with Crippen LogP contribution in [0.15, 0.2) is 36.4 Å². The highest BCUT2D eigenvalue weighted by molar-refractivity contribution is 6.31. The van der Waals surface area contributed by atoms with E-state index in [0.717, 1.165) is 25.0 Å². The van der Waals surface area contributed by atoms with Gasteiger partial charge in [0.2, 0.25) is 0 Å². The van der Waals surface area contributed by atoms with Gasteiger partial charge in [-0.15, -0.1) is 0 Å². The molecule has 0 bridgehead atoms. The topological polar surface area (TPSA) is 29.5 Å². The van der Waals surface area contributed by atoms with Crippen LogP contribution in [-0.2, 0) is 19.4 Å². The SMILES string of the molecule is OCC1CCc2cc(OCc3c(F)cccc3Cl)ccc2C1. The van der Waals surface area contributed by atoms with Crippen LogP contribution in [0.2, 0.25) is 5.02 Å². The molecule has 0 saturated heterocycles. The zero-order valence-electron chi connectivity index (χ0n) is 12.2. The maximum Gasteiger partial charge on any atom is 0.131 e. The zero-order valence-corrected chi connectivity index (χ0v) is 12.9. The molecule has 0 spiro atoms. The highest BCUT2D eigenvalue weighted by Crippen LogP contribution is 2.29. The molecule has 0 amide bonds. The molecule has 0 fully saturated rings. The van der Waals surface area contributed by atoms with Crippen LogP contribution in [0.25, 0.3) is 0 Å². The second-order valence-electron chi connectivity index (χ2n) is 5.71. The van der Waals surface area contributed by atoms with E-state index in [-0.39, 0.29) is 19.0 Å². The average Bonchev–Trinajstić information content (AvgIpc) is 2.53. The van der Waals surface area contributed by atoms with Gasteiger partial charge >= 0.3 is 0 Å². The predicted octanol–water partition coefficient (Wildman–Crippen LogP) is 4.16. The van der Waals surface area contributed by atoms with Gasteiger partial charge in [0.15, 0.2) is 0 Å². The summed E-state index contributed by atoms with van der Waals surface area (Å²) in [5, 5.41) is 9.64. The number of aliphatic hydroxyl groups excluding tert-OH is 1. The Morgan fingerprint density at radius 3 is 2.86 bits per heavy atom. The molecule has 1 atom stereocenters. The molecule has 2 nitrogen and oxygen atoms in total. The van der Waals surface area contributed by atoms with E-state index < -0.39 is 0 Å².